The highest BCUT2D eigenvalue weighted by Crippen LogP contribution is 2.12. The van der Waals surface area contributed by atoms with Crippen molar-refractivity contribution in [2.24, 2.45) is 5.92 Å². The van der Waals surface area contributed by atoms with Gasteiger partial charge >= 0.3 is 42.2 Å². The van der Waals surface area contributed by atoms with Crippen molar-refractivity contribution in [3.05, 3.63) is 35.9 Å². The molecule has 0 spiro atoms. The Morgan fingerprint density at radius 2 is 1.04 bits per heavy atom. The predicted molar refractivity (Wildman–Crippen MR) is 158 cm³/mol. The first-order chi connectivity index (χ1) is 20.8. The van der Waals surface area contributed by atoms with Gasteiger partial charge < -0.3 is 50.6 Å². The van der Waals surface area contributed by atoms with Crippen molar-refractivity contribution in [2.75, 3.05) is 35.4 Å². The summed E-state index contributed by atoms with van der Waals surface area (Å²) in [4.78, 5) is 75.1. The zero-order valence-electron chi connectivity index (χ0n) is 26.6. The van der Waals surface area contributed by atoms with E-state index in [1.54, 1.807) is 70.1 Å². The van der Waals surface area contributed by atoms with Crippen LogP contribution in [-0.4, -0.2) is 121 Å². The van der Waals surface area contributed by atoms with Crippen LogP contribution in [0.15, 0.2) is 30.3 Å². The molecule has 0 aliphatic carbocycles. The van der Waals surface area contributed by atoms with Crippen LogP contribution in [0.25, 0.3) is 0 Å². The summed E-state index contributed by atoms with van der Waals surface area (Å²) in [6, 6.07) is 5.14. The minimum Gasteiger partial charge on any atom is -0.480 e. The number of aliphatic carboxylic acids is 4. The number of carbonyl (C=O) groups is 7. The summed E-state index contributed by atoms with van der Waals surface area (Å²) in [5.74, 6) is -4.23. The number of carboxylic acid groups (broad SMARTS) is 4. The van der Waals surface area contributed by atoms with Crippen LogP contribution in [0.2, 0.25) is 0 Å². The molecular formula is C27H44N4O14. The van der Waals surface area contributed by atoms with E-state index >= 15 is 0 Å². The topological polar surface area (TPSA) is 267 Å². The summed E-state index contributed by atoms with van der Waals surface area (Å²) >= 11 is 0. The molecule has 45 heavy (non-hydrogen) atoms. The van der Waals surface area contributed by atoms with Crippen molar-refractivity contribution in [1.29, 1.82) is 0 Å². The number of carboxylic acids is 4. The van der Waals surface area contributed by atoms with Gasteiger partial charge in [-0.2, -0.15) is 0 Å². The van der Waals surface area contributed by atoms with Crippen LogP contribution in [0.3, 0.4) is 0 Å². The van der Waals surface area contributed by atoms with Crippen molar-refractivity contribution in [2.45, 2.75) is 51.9 Å². The summed E-state index contributed by atoms with van der Waals surface area (Å²) in [5, 5.41) is 40.6. The minimum absolute atomic E-state index is 0.165. The zero-order valence-corrected chi connectivity index (χ0v) is 26.6. The van der Waals surface area contributed by atoms with Crippen LogP contribution in [0.1, 0.15) is 39.3 Å². The second-order valence-electron chi connectivity index (χ2n) is 9.19. The number of nitrogens with one attached hydrogen (secondary N) is 3. The summed E-state index contributed by atoms with van der Waals surface area (Å²) in [7, 11) is 7.01. The highest BCUT2D eigenvalue weighted by molar-refractivity contribution is 5.81. The Morgan fingerprint density at radius 1 is 0.622 bits per heavy atom. The molecule has 1 aromatic rings. The number of methoxy groups -OCH3 is 3. The number of rotatable bonds is 10. The molecule has 256 valence electrons. The zero-order chi connectivity index (χ0) is 35.9. The number of hydrogen-bond acceptors (Lipinski definition) is 11. The third-order valence-electron chi connectivity index (χ3n) is 5.24. The average Bonchev–Trinajstić information content (AvgIpc) is 2.98. The Bertz CT molecular complexity index is 1080. The fraction of sp³-hybridized carbons (Fsp3) is 0.519. The minimum atomic E-state index is -1.13. The SMILES string of the molecule is COC(=O)N[C@@H](C(=O)O)C(C)C.COC(=O)N[C@H](C(=O)O)c1ccccc1.COC(=O)N[C@H](C)C(=O)O.C[C@H](C(=O)O)N(C)C. The van der Waals surface area contributed by atoms with Gasteiger partial charge in [-0.15, -0.1) is 0 Å². The van der Waals surface area contributed by atoms with Crippen molar-refractivity contribution in [3.8, 4) is 0 Å². The van der Waals surface area contributed by atoms with Gasteiger partial charge in [0, 0.05) is 0 Å². The van der Waals surface area contributed by atoms with Gasteiger partial charge in [0.2, 0.25) is 0 Å². The van der Waals surface area contributed by atoms with Gasteiger partial charge in [-0.25, -0.2) is 24.0 Å². The molecule has 0 unspecified atom stereocenters. The van der Waals surface area contributed by atoms with E-state index < -0.39 is 60.3 Å². The first-order valence-electron chi connectivity index (χ1n) is 12.9. The number of ether oxygens (including phenoxy) is 3. The first-order valence-corrected chi connectivity index (χ1v) is 12.9. The summed E-state index contributed by atoms with van der Waals surface area (Å²) in [5.41, 5.74) is 0.496. The van der Waals surface area contributed by atoms with Gasteiger partial charge in [0.25, 0.3) is 0 Å². The molecule has 18 heteroatoms. The van der Waals surface area contributed by atoms with Gasteiger partial charge in [-0.05, 0) is 39.4 Å². The van der Waals surface area contributed by atoms with Crippen LogP contribution in [0.5, 0.6) is 0 Å². The largest absolute Gasteiger partial charge is 0.480 e. The monoisotopic (exact) mass is 648 g/mol. The molecule has 0 aliphatic rings. The van der Waals surface area contributed by atoms with Crippen LogP contribution in [0.4, 0.5) is 14.4 Å². The van der Waals surface area contributed by atoms with Crippen molar-refractivity contribution in [3.63, 3.8) is 0 Å². The van der Waals surface area contributed by atoms with E-state index in [2.05, 4.69) is 30.2 Å². The molecule has 18 nitrogen and oxygen atoms in total. The van der Waals surface area contributed by atoms with Crippen molar-refractivity contribution in [1.82, 2.24) is 20.9 Å². The Hall–Kier alpha value is -5.13. The van der Waals surface area contributed by atoms with Crippen LogP contribution in [-0.2, 0) is 33.4 Å². The van der Waals surface area contributed by atoms with Crippen LogP contribution in [0, 0.1) is 5.92 Å². The number of carbonyl (C=O) groups excluding carboxylic acids is 3. The fourth-order valence-electron chi connectivity index (χ4n) is 2.33. The van der Waals surface area contributed by atoms with E-state index in [9.17, 15) is 33.6 Å². The first kappa shape index (κ1) is 44.3. The Balaban J connectivity index is -0.000000537. The second-order valence-corrected chi connectivity index (χ2v) is 9.19. The van der Waals surface area contributed by atoms with E-state index in [1.165, 1.54) is 28.3 Å². The third-order valence-corrected chi connectivity index (χ3v) is 5.24. The number of benzene rings is 1. The van der Waals surface area contributed by atoms with Crippen LogP contribution < -0.4 is 16.0 Å². The van der Waals surface area contributed by atoms with Gasteiger partial charge in [0.1, 0.15) is 18.1 Å². The Kier molecular flexibility index (Phi) is 24.0. The predicted octanol–water partition coefficient (Wildman–Crippen LogP) is 1.46. The van der Waals surface area contributed by atoms with E-state index in [-0.39, 0.29) is 12.0 Å². The molecule has 0 radical (unpaired) electrons. The van der Waals surface area contributed by atoms with Gasteiger partial charge in [-0.1, -0.05) is 44.2 Å². The molecule has 0 aliphatic heterocycles. The van der Waals surface area contributed by atoms with Crippen LogP contribution >= 0.6 is 0 Å². The molecular weight excluding hydrogens is 604 g/mol. The summed E-state index contributed by atoms with van der Waals surface area (Å²) in [6.07, 6.45) is -2.24. The standard InChI is InChI=1S/C10H11NO4.C7H13NO4.C5H9NO4.C5H11NO2/c1-15-10(14)11-8(9(12)13)7-5-3-2-4-6-7;1-4(2)5(6(9)10)8-7(11)12-3;1-3(4(7)8)6-5(9)10-2;1-4(5(7)8)6(2)3/h2-6,8H,1H3,(H,11,14)(H,12,13);4-5H,1-3H3,(H,8,11)(H,9,10);3H,1-2H3,(H,6,9)(H,7,8);4H,1-3H3,(H,7,8)/t8-;5-;3-;4-/m0111/s1. The summed E-state index contributed by atoms with van der Waals surface area (Å²) in [6.45, 7) is 6.39. The molecule has 1 aromatic carbocycles. The molecule has 4 atom stereocenters. The maximum Gasteiger partial charge on any atom is 0.407 e. The van der Waals surface area contributed by atoms with Gasteiger partial charge in [0.15, 0.2) is 6.04 Å². The highest BCUT2D eigenvalue weighted by Gasteiger charge is 2.23. The lowest BCUT2D eigenvalue weighted by molar-refractivity contribution is -0.142. The summed E-state index contributed by atoms with van der Waals surface area (Å²) < 4.78 is 12.8. The number of hydrogen-bond donors (Lipinski definition) is 7. The Morgan fingerprint density at radius 3 is 1.33 bits per heavy atom. The quantitative estimate of drug-likeness (QED) is 0.177. The normalized spacial score (nSPS) is 12.2. The van der Waals surface area contributed by atoms with E-state index in [0.717, 1.165) is 0 Å². The molecule has 1 rings (SSSR count). The molecule has 3 amide bonds. The van der Waals surface area contributed by atoms with Crippen molar-refractivity contribution < 1.29 is 68.2 Å². The van der Waals surface area contributed by atoms with Gasteiger partial charge in [0.05, 0.1) is 21.3 Å². The fourth-order valence-corrected chi connectivity index (χ4v) is 2.33. The number of alkyl carbamates (subject to hydrolysis) is 3. The third kappa shape index (κ3) is 22.1. The molecule has 0 bridgehead atoms. The van der Waals surface area contributed by atoms with E-state index in [1.807, 2.05) is 0 Å². The van der Waals surface area contributed by atoms with E-state index in [4.69, 9.17) is 20.4 Å². The maximum atomic E-state index is 10.9. The number of likely N-dealkylation sites (N-methyl/N-ethyl adjacent to an activating group) is 1. The molecule has 0 saturated heterocycles. The molecule has 0 heterocycles. The highest BCUT2D eigenvalue weighted by atomic mass is 16.5. The second kappa shape index (κ2) is 24.3. The van der Waals surface area contributed by atoms with Crippen molar-refractivity contribution >= 4 is 42.2 Å². The lowest BCUT2D eigenvalue weighted by atomic mass is 10.1. The molecule has 0 aromatic heterocycles. The van der Waals surface area contributed by atoms with Gasteiger partial charge in [-0.3, -0.25) is 14.5 Å². The lowest BCUT2D eigenvalue weighted by Crippen LogP contribution is -2.44. The lowest BCUT2D eigenvalue weighted by Gasteiger charge is -2.16. The average molecular weight is 649 g/mol. The maximum absolute atomic E-state index is 10.9. The van der Waals surface area contributed by atoms with E-state index in [0.29, 0.717) is 5.56 Å². The smallest absolute Gasteiger partial charge is 0.407 e. The molecule has 0 fully saturated rings. The number of amides is 3. The molecule has 7 N–H and O–H groups in total. The molecule has 0 saturated carbocycles. The Labute approximate surface area is 260 Å². The number of nitrogens with zero attached hydrogens (tertiary/aromatic N) is 1.